The Morgan fingerprint density at radius 3 is 2.53 bits per heavy atom. The minimum absolute atomic E-state index is 0.0625. The standard InChI is InChI=1S/C21H23F3N4O3S/c1-14-18(12-30-13-29)28(26-19(14)21(22,23)24)15-2-4-16(5-3-15)31-17-6-9-27(10-7-17)20-25-8-11-32-20/h2-5,8,11,13-14,17-18H,6-7,9-10,12H2,1H3/t14-,18-/m0/s1. The summed E-state index contributed by atoms with van der Waals surface area (Å²) < 4.78 is 50.9. The highest BCUT2D eigenvalue weighted by atomic mass is 32.1. The van der Waals surface area contributed by atoms with Gasteiger partial charge in [0.15, 0.2) is 5.13 Å². The van der Waals surface area contributed by atoms with Gasteiger partial charge >= 0.3 is 6.18 Å². The molecule has 1 fully saturated rings. The Bertz CT molecular complexity index is 929. The minimum Gasteiger partial charge on any atom is -0.490 e. The molecule has 0 spiro atoms. The number of hydrogen-bond donors (Lipinski definition) is 0. The number of aromatic nitrogens is 1. The molecule has 172 valence electrons. The molecule has 0 amide bonds. The summed E-state index contributed by atoms with van der Waals surface area (Å²) in [5.41, 5.74) is -0.411. The fourth-order valence-corrected chi connectivity index (χ4v) is 4.70. The van der Waals surface area contributed by atoms with Gasteiger partial charge in [-0.05, 0) is 24.3 Å². The molecule has 11 heteroatoms. The molecule has 2 aliphatic rings. The van der Waals surface area contributed by atoms with E-state index < -0.39 is 23.8 Å². The lowest BCUT2D eigenvalue weighted by molar-refractivity contribution is -0.129. The van der Waals surface area contributed by atoms with Crippen LogP contribution in [0, 0.1) is 5.92 Å². The lowest BCUT2D eigenvalue weighted by atomic mass is 9.97. The van der Waals surface area contributed by atoms with Gasteiger partial charge in [0, 0.05) is 43.4 Å². The monoisotopic (exact) mass is 468 g/mol. The quantitative estimate of drug-likeness (QED) is 0.570. The fourth-order valence-electron chi connectivity index (χ4n) is 4.00. The van der Waals surface area contributed by atoms with Gasteiger partial charge in [0.2, 0.25) is 0 Å². The van der Waals surface area contributed by atoms with Crippen molar-refractivity contribution < 1.29 is 27.4 Å². The second-order valence-electron chi connectivity index (χ2n) is 7.73. The Hall–Kier alpha value is -2.82. The molecular weight excluding hydrogens is 445 g/mol. The summed E-state index contributed by atoms with van der Waals surface area (Å²) in [7, 11) is 0. The topological polar surface area (TPSA) is 67.3 Å². The Morgan fingerprint density at radius 1 is 1.22 bits per heavy atom. The molecule has 0 saturated carbocycles. The summed E-state index contributed by atoms with van der Waals surface area (Å²) in [5, 5.41) is 8.04. The van der Waals surface area contributed by atoms with Crippen LogP contribution in [0.25, 0.3) is 0 Å². The molecule has 0 unspecified atom stereocenters. The summed E-state index contributed by atoms with van der Waals surface area (Å²) in [5.74, 6) is -0.289. The number of piperidine rings is 1. The zero-order valence-corrected chi connectivity index (χ0v) is 18.2. The maximum Gasteiger partial charge on any atom is 0.431 e. The Kier molecular flexibility index (Phi) is 6.54. The van der Waals surface area contributed by atoms with E-state index in [2.05, 4.69) is 15.0 Å². The number of carbonyl (C=O) groups is 1. The summed E-state index contributed by atoms with van der Waals surface area (Å²) in [4.78, 5) is 17.2. The molecule has 2 aromatic rings. The van der Waals surface area contributed by atoms with E-state index in [0.29, 0.717) is 11.4 Å². The van der Waals surface area contributed by atoms with E-state index >= 15 is 0 Å². The van der Waals surface area contributed by atoms with Crippen molar-refractivity contribution in [2.24, 2.45) is 11.0 Å². The van der Waals surface area contributed by atoms with Gasteiger partial charge in [-0.25, -0.2) is 4.98 Å². The zero-order chi connectivity index (χ0) is 22.7. The summed E-state index contributed by atoms with van der Waals surface area (Å²) in [6.45, 7) is 3.18. The first-order chi connectivity index (χ1) is 15.4. The number of ether oxygens (including phenoxy) is 2. The van der Waals surface area contributed by atoms with E-state index in [0.717, 1.165) is 31.1 Å². The van der Waals surface area contributed by atoms with Crippen LogP contribution in [0.15, 0.2) is 40.9 Å². The molecule has 1 aromatic heterocycles. The van der Waals surface area contributed by atoms with Gasteiger partial charge in [-0.2, -0.15) is 18.3 Å². The molecular formula is C21H23F3N4O3S. The van der Waals surface area contributed by atoms with Crippen molar-refractivity contribution in [3.63, 3.8) is 0 Å². The first kappa shape index (κ1) is 22.4. The third kappa shape index (κ3) is 4.82. The first-order valence-corrected chi connectivity index (χ1v) is 11.2. The summed E-state index contributed by atoms with van der Waals surface area (Å²) in [6, 6.07) is 6.06. The van der Waals surface area contributed by atoms with Gasteiger partial charge in [-0.15, -0.1) is 11.3 Å². The van der Waals surface area contributed by atoms with Crippen LogP contribution in [0.2, 0.25) is 0 Å². The van der Waals surface area contributed by atoms with Crippen molar-refractivity contribution in [2.45, 2.75) is 38.1 Å². The molecule has 0 aliphatic carbocycles. The molecule has 7 nitrogen and oxygen atoms in total. The second-order valence-corrected chi connectivity index (χ2v) is 8.60. The van der Waals surface area contributed by atoms with Crippen LogP contribution in [-0.2, 0) is 9.53 Å². The van der Waals surface area contributed by atoms with Crippen molar-refractivity contribution in [1.29, 1.82) is 0 Å². The van der Waals surface area contributed by atoms with Gasteiger partial charge in [-0.3, -0.25) is 9.80 Å². The number of thiazole rings is 1. The average molecular weight is 469 g/mol. The van der Waals surface area contributed by atoms with Crippen LogP contribution in [0.5, 0.6) is 5.75 Å². The predicted molar refractivity (Wildman–Crippen MR) is 115 cm³/mol. The number of rotatable bonds is 7. The zero-order valence-electron chi connectivity index (χ0n) is 17.4. The van der Waals surface area contributed by atoms with Crippen molar-refractivity contribution in [2.75, 3.05) is 29.6 Å². The van der Waals surface area contributed by atoms with Crippen LogP contribution in [0.4, 0.5) is 24.0 Å². The Morgan fingerprint density at radius 2 is 1.94 bits per heavy atom. The molecule has 2 atom stereocenters. The number of hydrogen-bond acceptors (Lipinski definition) is 8. The van der Waals surface area contributed by atoms with Crippen molar-refractivity contribution >= 4 is 34.3 Å². The summed E-state index contributed by atoms with van der Waals surface area (Å²) >= 11 is 1.62. The van der Waals surface area contributed by atoms with E-state index in [1.54, 1.807) is 41.8 Å². The third-order valence-electron chi connectivity index (χ3n) is 5.70. The SMILES string of the molecule is C[C@@H]1C(C(F)(F)F)=NN(c2ccc(OC3CCN(c4nccs4)CC3)cc2)[C@H]1COC=O. The maximum atomic E-state index is 13.3. The molecule has 2 aliphatic heterocycles. The van der Waals surface area contributed by atoms with Crippen LogP contribution in [0.1, 0.15) is 19.8 Å². The molecule has 32 heavy (non-hydrogen) atoms. The van der Waals surface area contributed by atoms with Gasteiger partial charge in [0.25, 0.3) is 6.47 Å². The highest BCUT2D eigenvalue weighted by molar-refractivity contribution is 7.13. The van der Waals surface area contributed by atoms with Crippen LogP contribution in [0.3, 0.4) is 0 Å². The highest BCUT2D eigenvalue weighted by Gasteiger charge is 2.48. The minimum atomic E-state index is -4.55. The average Bonchev–Trinajstić information content (AvgIpc) is 3.42. The van der Waals surface area contributed by atoms with Crippen LogP contribution < -0.4 is 14.6 Å². The number of benzene rings is 1. The fraction of sp³-hybridized carbons (Fsp3) is 0.476. The first-order valence-electron chi connectivity index (χ1n) is 10.3. The Balaban J connectivity index is 1.41. The lowest BCUT2D eigenvalue weighted by Crippen LogP contribution is -2.38. The molecule has 1 saturated heterocycles. The number of anilines is 2. The number of nitrogens with zero attached hydrogens (tertiary/aromatic N) is 4. The van der Waals surface area contributed by atoms with Gasteiger partial charge in [-0.1, -0.05) is 6.92 Å². The molecule has 3 heterocycles. The number of alkyl halides is 3. The Labute approximate surface area is 187 Å². The van der Waals surface area contributed by atoms with Crippen LogP contribution in [-0.4, -0.2) is 55.2 Å². The van der Waals surface area contributed by atoms with E-state index in [1.807, 2.05) is 5.38 Å². The van der Waals surface area contributed by atoms with E-state index in [-0.39, 0.29) is 19.2 Å². The highest BCUT2D eigenvalue weighted by Crippen LogP contribution is 2.36. The van der Waals surface area contributed by atoms with Gasteiger partial charge in [0.05, 0.1) is 11.7 Å². The predicted octanol–water partition coefficient (Wildman–Crippen LogP) is 4.11. The lowest BCUT2D eigenvalue weighted by Gasteiger charge is -2.32. The van der Waals surface area contributed by atoms with E-state index in [1.165, 1.54) is 11.9 Å². The number of halogens is 3. The van der Waals surface area contributed by atoms with Crippen molar-refractivity contribution in [1.82, 2.24) is 4.98 Å². The normalized spacial score (nSPS) is 22.1. The molecule has 0 radical (unpaired) electrons. The smallest absolute Gasteiger partial charge is 0.431 e. The largest absolute Gasteiger partial charge is 0.490 e. The van der Waals surface area contributed by atoms with Crippen LogP contribution >= 0.6 is 11.3 Å². The third-order valence-corrected chi connectivity index (χ3v) is 6.53. The number of hydrazone groups is 1. The molecule has 0 bridgehead atoms. The van der Waals surface area contributed by atoms with Crippen molar-refractivity contribution in [3.8, 4) is 5.75 Å². The number of carbonyl (C=O) groups excluding carboxylic acids is 1. The summed E-state index contributed by atoms with van der Waals surface area (Å²) in [6.07, 6.45) is -0.982. The maximum absolute atomic E-state index is 13.3. The van der Waals surface area contributed by atoms with E-state index in [4.69, 9.17) is 9.47 Å². The van der Waals surface area contributed by atoms with Gasteiger partial charge in [0.1, 0.15) is 24.2 Å². The second kappa shape index (κ2) is 9.35. The van der Waals surface area contributed by atoms with Crippen molar-refractivity contribution in [3.05, 3.63) is 35.8 Å². The molecule has 1 aromatic carbocycles. The van der Waals surface area contributed by atoms with Gasteiger partial charge < -0.3 is 14.4 Å². The molecule has 0 N–H and O–H groups in total. The van der Waals surface area contributed by atoms with E-state index in [9.17, 15) is 18.0 Å². The molecule has 4 rings (SSSR count).